The number of nitrogens with zero attached hydrogens (tertiary/aromatic N) is 4. The first kappa shape index (κ1) is 18.5. The number of aromatic nitrogens is 2. The summed E-state index contributed by atoms with van der Waals surface area (Å²) in [6.07, 6.45) is 6.59. The Bertz CT molecular complexity index is 815. The number of carbonyl (C=O) groups is 1. The van der Waals surface area contributed by atoms with Crippen LogP contribution in [-0.2, 0) is 15.6 Å². The largest absolute Gasteiger partial charge is 0.273 e. The molecule has 2 aromatic rings. The maximum Gasteiger partial charge on any atom is 0.242 e. The summed E-state index contributed by atoms with van der Waals surface area (Å²) in [6, 6.07) is 3.57. The van der Waals surface area contributed by atoms with Crippen LogP contribution in [0.2, 0.25) is 5.15 Å². The molecule has 0 aliphatic rings. The summed E-state index contributed by atoms with van der Waals surface area (Å²) in [6.45, 7) is 3.43. The lowest BCUT2D eigenvalue weighted by atomic mass is 10.1. The molecule has 1 atom stereocenters. The van der Waals surface area contributed by atoms with Gasteiger partial charge in [0.1, 0.15) is 5.01 Å². The molecule has 0 fully saturated rings. The van der Waals surface area contributed by atoms with Crippen molar-refractivity contribution in [1.29, 1.82) is 5.26 Å². The molecular formula is C15H15ClN4O2S2. The Morgan fingerprint density at radius 1 is 1.54 bits per heavy atom. The van der Waals surface area contributed by atoms with E-state index in [0.717, 1.165) is 21.8 Å². The predicted octanol–water partition coefficient (Wildman–Crippen LogP) is 3.22. The Kier molecular flexibility index (Phi) is 5.70. The highest BCUT2D eigenvalue weighted by Crippen LogP contribution is 2.38. The Morgan fingerprint density at radius 3 is 2.79 bits per heavy atom. The Morgan fingerprint density at radius 2 is 2.25 bits per heavy atom. The van der Waals surface area contributed by atoms with Gasteiger partial charge in [0.25, 0.3) is 0 Å². The molecule has 2 aromatic heterocycles. The maximum atomic E-state index is 12.5. The number of halogens is 1. The molecule has 9 heteroatoms. The van der Waals surface area contributed by atoms with Gasteiger partial charge in [-0.05, 0) is 26.0 Å². The molecule has 0 aromatic carbocycles. The highest BCUT2D eigenvalue weighted by atomic mass is 35.5. The van der Waals surface area contributed by atoms with Crippen LogP contribution in [0.15, 0.2) is 24.5 Å². The van der Waals surface area contributed by atoms with Crippen LogP contribution in [-0.4, -0.2) is 31.1 Å². The maximum absolute atomic E-state index is 12.5. The van der Waals surface area contributed by atoms with Gasteiger partial charge in [0.2, 0.25) is 5.91 Å². The number of nitriles is 1. The highest BCUT2D eigenvalue weighted by molar-refractivity contribution is 7.85. The van der Waals surface area contributed by atoms with E-state index in [1.165, 1.54) is 6.26 Å². The third-order valence-electron chi connectivity index (χ3n) is 3.39. The molecule has 1 unspecified atom stereocenters. The Balaban J connectivity index is 2.32. The van der Waals surface area contributed by atoms with E-state index < -0.39 is 21.5 Å². The summed E-state index contributed by atoms with van der Waals surface area (Å²) in [5.74, 6) is -0.471. The van der Waals surface area contributed by atoms with E-state index >= 15 is 0 Å². The topological polar surface area (TPSA) is 87.0 Å². The van der Waals surface area contributed by atoms with Gasteiger partial charge in [-0.25, -0.2) is 9.88 Å². The first-order valence-corrected chi connectivity index (χ1v) is 9.64. The van der Waals surface area contributed by atoms with Crippen LogP contribution in [0, 0.1) is 11.5 Å². The lowest BCUT2D eigenvalue weighted by Gasteiger charge is -2.22. The van der Waals surface area contributed by atoms with Gasteiger partial charge >= 0.3 is 0 Å². The minimum absolute atomic E-state index is 0.0415. The summed E-state index contributed by atoms with van der Waals surface area (Å²) in [4.78, 5) is 21.6. The molecule has 126 valence electrons. The Hall–Kier alpha value is -1.82. The first-order chi connectivity index (χ1) is 11.3. The second-order valence-electron chi connectivity index (χ2n) is 5.58. The van der Waals surface area contributed by atoms with E-state index in [4.69, 9.17) is 11.6 Å². The molecule has 0 N–H and O–H groups in total. The van der Waals surface area contributed by atoms with E-state index in [1.54, 1.807) is 32.3 Å². The van der Waals surface area contributed by atoms with Crippen molar-refractivity contribution in [2.75, 3.05) is 11.2 Å². The van der Waals surface area contributed by atoms with Gasteiger partial charge in [-0.15, -0.1) is 0 Å². The van der Waals surface area contributed by atoms with Crippen molar-refractivity contribution in [3.05, 3.63) is 29.7 Å². The lowest BCUT2D eigenvalue weighted by Crippen LogP contribution is -2.36. The number of amides is 1. The minimum atomic E-state index is -1.21. The number of rotatable bonds is 5. The van der Waals surface area contributed by atoms with Crippen molar-refractivity contribution in [2.24, 2.45) is 0 Å². The zero-order valence-corrected chi connectivity index (χ0v) is 15.7. The van der Waals surface area contributed by atoms with Crippen LogP contribution in [0.3, 0.4) is 0 Å². The quantitative estimate of drug-likeness (QED) is 0.585. The van der Waals surface area contributed by atoms with Crippen molar-refractivity contribution in [3.8, 4) is 16.8 Å². The SMILES string of the molecule is CS(=O)C(C)(C)CC(=O)N(C#N)c1sc(-c2cccnc2)nc1Cl. The monoisotopic (exact) mass is 382 g/mol. The van der Waals surface area contributed by atoms with Gasteiger partial charge in [0.05, 0.1) is 0 Å². The second kappa shape index (κ2) is 7.38. The smallest absolute Gasteiger partial charge is 0.242 e. The van der Waals surface area contributed by atoms with Crippen LogP contribution in [0.5, 0.6) is 0 Å². The number of hydrogen-bond donors (Lipinski definition) is 0. The van der Waals surface area contributed by atoms with Crippen LogP contribution in [0.25, 0.3) is 10.6 Å². The summed E-state index contributed by atoms with van der Waals surface area (Å²) < 4.78 is 11.0. The van der Waals surface area contributed by atoms with Crippen LogP contribution in [0.1, 0.15) is 20.3 Å². The molecule has 0 spiro atoms. The van der Waals surface area contributed by atoms with Gasteiger partial charge in [0, 0.05) is 46.2 Å². The van der Waals surface area contributed by atoms with Crippen molar-refractivity contribution in [2.45, 2.75) is 25.0 Å². The second-order valence-corrected chi connectivity index (χ2v) is 8.93. The number of carbonyl (C=O) groups excluding carboxylic acids is 1. The van der Waals surface area contributed by atoms with Gasteiger partial charge in [-0.2, -0.15) is 5.26 Å². The third-order valence-corrected chi connectivity index (χ3v) is 6.55. The van der Waals surface area contributed by atoms with E-state index in [9.17, 15) is 14.3 Å². The summed E-state index contributed by atoms with van der Waals surface area (Å²) in [5.41, 5.74) is 0.746. The minimum Gasteiger partial charge on any atom is -0.273 e. The molecule has 0 aliphatic heterocycles. The number of pyridine rings is 1. The van der Waals surface area contributed by atoms with Crippen LogP contribution >= 0.6 is 22.9 Å². The van der Waals surface area contributed by atoms with Crippen molar-refractivity contribution in [3.63, 3.8) is 0 Å². The molecule has 6 nitrogen and oxygen atoms in total. The standard InChI is InChI=1S/C15H15ClN4O2S2/c1-15(2,24(3)22)7-11(21)20(9-17)14-12(16)19-13(23-14)10-5-4-6-18-8-10/h4-6,8H,7H2,1-3H3. The van der Waals surface area contributed by atoms with Gasteiger partial charge in [-0.3, -0.25) is 14.0 Å². The lowest BCUT2D eigenvalue weighted by molar-refractivity contribution is -0.118. The molecule has 24 heavy (non-hydrogen) atoms. The molecule has 1 amide bonds. The molecule has 0 aliphatic carbocycles. The van der Waals surface area contributed by atoms with Gasteiger partial charge < -0.3 is 0 Å². The number of hydrogen-bond acceptors (Lipinski definition) is 6. The van der Waals surface area contributed by atoms with E-state index in [-0.39, 0.29) is 16.6 Å². The van der Waals surface area contributed by atoms with Crippen molar-refractivity contribution >= 4 is 44.6 Å². The fraction of sp³-hybridized carbons (Fsp3) is 0.333. The van der Waals surface area contributed by atoms with E-state index in [0.29, 0.717) is 5.01 Å². The molecule has 2 heterocycles. The Labute approximate surface area is 151 Å². The zero-order valence-electron chi connectivity index (χ0n) is 13.3. The summed E-state index contributed by atoms with van der Waals surface area (Å²) >= 11 is 7.25. The molecule has 2 rings (SSSR count). The average molecular weight is 383 g/mol. The third kappa shape index (κ3) is 3.98. The summed E-state index contributed by atoms with van der Waals surface area (Å²) in [7, 11) is -1.21. The highest BCUT2D eigenvalue weighted by Gasteiger charge is 2.31. The van der Waals surface area contributed by atoms with Gasteiger partial charge in [-0.1, -0.05) is 22.9 Å². The number of anilines is 1. The molecule has 0 saturated carbocycles. The van der Waals surface area contributed by atoms with Gasteiger partial charge in [0.15, 0.2) is 16.3 Å². The molecule has 0 saturated heterocycles. The van der Waals surface area contributed by atoms with Crippen LogP contribution in [0.4, 0.5) is 5.00 Å². The zero-order chi connectivity index (χ0) is 17.9. The predicted molar refractivity (Wildman–Crippen MR) is 96.2 cm³/mol. The first-order valence-electron chi connectivity index (χ1n) is 6.89. The van der Waals surface area contributed by atoms with E-state index in [1.807, 2.05) is 12.3 Å². The van der Waals surface area contributed by atoms with Crippen LogP contribution < -0.4 is 4.90 Å². The average Bonchev–Trinajstić information content (AvgIpc) is 2.90. The normalized spacial score (nSPS) is 12.5. The van der Waals surface area contributed by atoms with E-state index in [2.05, 4.69) is 9.97 Å². The van der Waals surface area contributed by atoms with Crippen molar-refractivity contribution < 1.29 is 9.00 Å². The van der Waals surface area contributed by atoms with Crippen molar-refractivity contribution in [1.82, 2.24) is 9.97 Å². The molecular weight excluding hydrogens is 368 g/mol. The summed E-state index contributed by atoms with van der Waals surface area (Å²) in [5, 5.41) is 10.3. The molecule has 0 radical (unpaired) electrons. The fourth-order valence-electron chi connectivity index (χ4n) is 1.80. The number of thiazole rings is 1. The fourth-order valence-corrected chi connectivity index (χ4v) is 3.39. The molecule has 0 bridgehead atoms.